The molecule has 1 heterocycles. The number of nitriles is 1. The van der Waals surface area contributed by atoms with Gasteiger partial charge in [0.25, 0.3) is 0 Å². The van der Waals surface area contributed by atoms with Gasteiger partial charge in [-0.3, -0.25) is 4.68 Å². The highest BCUT2D eigenvalue weighted by molar-refractivity contribution is 9.08. The number of halogens is 1. The lowest BCUT2D eigenvalue weighted by molar-refractivity contribution is 0.770. The van der Waals surface area contributed by atoms with Crippen LogP contribution in [0.3, 0.4) is 0 Å². The van der Waals surface area contributed by atoms with Crippen molar-refractivity contribution in [3.63, 3.8) is 0 Å². The summed E-state index contributed by atoms with van der Waals surface area (Å²) in [4.78, 5) is 0. The highest BCUT2D eigenvalue weighted by Gasteiger charge is 2.09. The SMILES string of the molecule is Cn1cc(C#N)c(-c2ccc(CBr)cc2)n1. The standard InChI is InChI=1S/C12H10BrN3/c1-16-8-11(7-14)12(15-16)10-4-2-9(6-13)3-5-10/h2-5,8H,6H2,1H3. The van der Waals surface area contributed by atoms with Gasteiger partial charge in [0.15, 0.2) is 0 Å². The molecule has 3 nitrogen and oxygen atoms in total. The number of hydrogen-bond donors (Lipinski definition) is 0. The Balaban J connectivity index is 2.46. The van der Waals surface area contributed by atoms with Crippen molar-refractivity contribution in [2.24, 2.45) is 7.05 Å². The molecule has 1 aromatic carbocycles. The van der Waals surface area contributed by atoms with Gasteiger partial charge in [-0.05, 0) is 5.56 Å². The van der Waals surface area contributed by atoms with Crippen LogP contribution >= 0.6 is 15.9 Å². The van der Waals surface area contributed by atoms with Gasteiger partial charge >= 0.3 is 0 Å². The second kappa shape index (κ2) is 4.50. The first-order valence-corrected chi connectivity index (χ1v) is 5.95. The monoisotopic (exact) mass is 275 g/mol. The molecular formula is C12H10BrN3. The van der Waals surface area contributed by atoms with Crippen LogP contribution in [0.1, 0.15) is 11.1 Å². The van der Waals surface area contributed by atoms with E-state index in [9.17, 15) is 0 Å². The zero-order chi connectivity index (χ0) is 11.5. The van der Waals surface area contributed by atoms with Crippen LogP contribution in [0, 0.1) is 11.3 Å². The Morgan fingerprint density at radius 2 is 2.06 bits per heavy atom. The van der Waals surface area contributed by atoms with Gasteiger partial charge in [0, 0.05) is 24.1 Å². The Hall–Kier alpha value is -1.60. The van der Waals surface area contributed by atoms with E-state index in [1.54, 1.807) is 10.9 Å². The van der Waals surface area contributed by atoms with Gasteiger partial charge in [0.1, 0.15) is 11.8 Å². The quantitative estimate of drug-likeness (QED) is 0.791. The van der Waals surface area contributed by atoms with Crippen molar-refractivity contribution in [2.75, 3.05) is 0 Å². The third-order valence-electron chi connectivity index (χ3n) is 2.33. The van der Waals surface area contributed by atoms with Crippen LogP contribution in [0.15, 0.2) is 30.5 Å². The fourth-order valence-corrected chi connectivity index (χ4v) is 1.91. The van der Waals surface area contributed by atoms with Crippen molar-refractivity contribution in [3.8, 4) is 17.3 Å². The van der Waals surface area contributed by atoms with E-state index in [4.69, 9.17) is 5.26 Å². The largest absolute Gasteiger partial charge is 0.274 e. The molecule has 0 atom stereocenters. The van der Waals surface area contributed by atoms with Crippen molar-refractivity contribution < 1.29 is 0 Å². The summed E-state index contributed by atoms with van der Waals surface area (Å²) in [7, 11) is 1.82. The predicted octanol–water partition coefficient (Wildman–Crippen LogP) is 2.85. The Morgan fingerprint density at radius 1 is 1.38 bits per heavy atom. The molecule has 0 fully saturated rings. The van der Waals surface area contributed by atoms with Crippen molar-refractivity contribution >= 4 is 15.9 Å². The molecule has 0 unspecified atom stereocenters. The topological polar surface area (TPSA) is 41.6 Å². The molecule has 0 bridgehead atoms. The summed E-state index contributed by atoms with van der Waals surface area (Å²) in [5.41, 5.74) is 3.53. The molecule has 80 valence electrons. The molecule has 0 N–H and O–H groups in total. The highest BCUT2D eigenvalue weighted by atomic mass is 79.9. The summed E-state index contributed by atoms with van der Waals surface area (Å²) in [6.45, 7) is 0. The molecule has 0 radical (unpaired) electrons. The van der Waals surface area contributed by atoms with Gasteiger partial charge in [-0.25, -0.2) is 0 Å². The third-order valence-corrected chi connectivity index (χ3v) is 2.98. The molecule has 0 saturated carbocycles. The molecule has 0 saturated heterocycles. The third kappa shape index (κ3) is 2.00. The fraction of sp³-hybridized carbons (Fsp3) is 0.167. The summed E-state index contributed by atoms with van der Waals surface area (Å²) in [5.74, 6) is 0. The Morgan fingerprint density at radius 3 is 2.62 bits per heavy atom. The lowest BCUT2D eigenvalue weighted by atomic mass is 10.1. The number of aromatic nitrogens is 2. The molecular weight excluding hydrogens is 266 g/mol. The van der Waals surface area contributed by atoms with E-state index in [0.717, 1.165) is 16.6 Å². The number of rotatable bonds is 2. The number of hydrogen-bond acceptors (Lipinski definition) is 2. The first kappa shape index (κ1) is 10.9. The van der Waals surface area contributed by atoms with Crippen LogP contribution in [0.2, 0.25) is 0 Å². The molecule has 0 aliphatic heterocycles. The van der Waals surface area contributed by atoms with E-state index in [2.05, 4.69) is 27.1 Å². The minimum atomic E-state index is 0.606. The predicted molar refractivity (Wildman–Crippen MR) is 66.0 cm³/mol. The van der Waals surface area contributed by atoms with E-state index in [0.29, 0.717) is 5.56 Å². The zero-order valence-electron chi connectivity index (χ0n) is 8.81. The average Bonchev–Trinajstić information content (AvgIpc) is 2.70. The minimum Gasteiger partial charge on any atom is -0.274 e. The normalized spacial score (nSPS) is 10.1. The van der Waals surface area contributed by atoms with E-state index in [1.165, 1.54) is 5.56 Å². The molecule has 2 rings (SSSR count). The number of aryl methyl sites for hydroxylation is 1. The smallest absolute Gasteiger partial charge is 0.110 e. The highest BCUT2D eigenvalue weighted by Crippen LogP contribution is 2.22. The average molecular weight is 276 g/mol. The number of benzene rings is 1. The lowest BCUT2D eigenvalue weighted by Gasteiger charge is -1.99. The lowest BCUT2D eigenvalue weighted by Crippen LogP contribution is -1.88. The molecule has 16 heavy (non-hydrogen) atoms. The summed E-state index contributed by atoms with van der Waals surface area (Å²) in [6.07, 6.45) is 1.73. The van der Waals surface area contributed by atoms with Gasteiger partial charge in [0.2, 0.25) is 0 Å². The first-order valence-electron chi connectivity index (χ1n) is 4.83. The molecule has 0 aliphatic rings. The number of nitrogens with zero attached hydrogens (tertiary/aromatic N) is 3. The van der Waals surface area contributed by atoms with Gasteiger partial charge in [-0.2, -0.15) is 10.4 Å². The Kier molecular flexibility index (Phi) is 3.07. The van der Waals surface area contributed by atoms with Crippen LogP contribution in [-0.4, -0.2) is 9.78 Å². The van der Waals surface area contributed by atoms with Crippen molar-refractivity contribution in [1.82, 2.24) is 9.78 Å². The van der Waals surface area contributed by atoms with Gasteiger partial charge < -0.3 is 0 Å². The molecule has 4 heteroatoms. The van der Waals surface area contributed by atoms with Crippen LogP contribution < -0.4 is 0 Å². The van der Waals surface area contributed by atoms with Crippen LogP contribution in [0.5, 0.6) is 0 Å². The molecule has 2 aromatic rings. The van der Waals surface area contributed by atoms with E-state index >= 15 is 0 Å². The second-order valence-electron chi connectivity index (χ2n) is 3.51. The van der Waals surface area contributed by atoms with E-state index in [-0.39, 0.29) is 0 Å². The second-order valence-corrected chi connectivity index (χ2v) is 4.07. The van der Waals surface area contributed by atoms with Crippen LogP contribution in [-0.2, 0) is 12.4 Å². The van der Waals surface area contributed by atoms with E-state index in [1.807, 2.05) is 31.3 Å². The van der Waals surface area contributed by atoms with Gasteiger partial charge in [-0.15, -0.1) is 0 Å². The molecule has 0 spiro atoms. The minimum absolute atomic E-state index is 0.606. The summed E-state index contributed by atoms with van der Waals surface area (Å²) in [5, 5.41) is 14.1. The van der Waals surface area contributed by atoms with Crippen molar-refractivity contribution in [1.29, 1.82) is 5.26 Å². The Labute approximate surface area is 102 Å². The zero-order valence-corrected chi connectivity index (χ0v) is 10.4. The fourth-order valence-electron chi connectivity index (χ4n) is 1.54. The van der Waals surface area contributed by atoms with Crippen LogP contribution in [0.4, 0.5) is 0 Å². The molecule has 1 aromatic heterocycles. The Bertz CT molecular complexity index is 534. The maximum Gasteiger partial charge on any atom is 0.110 e. The number of alkyl halides is 1. The van der Waals surface area contributed by atoms with Crippen LogP contribution in [0.25, 0.3) is 11.3 Å². The summed E-state index contributed by atoms with van der Waals surface area (Å²) >= 11 is 3.40. The van der Waals surface area contributed by atoms with Crippen molar-refractivity contribution in [2.45, 2.75) is 5.33 Å². The maximum atomic E-state index is 8.98. The summed E-state index contributed by atoms with van der Waals surface area (Å²) in [6, 6.07) is 10.2. The summed E-state index contributed by atoms with van der Waals surface area (Å²) < 4.78 is 1.66. The van der Waals surface area contributed by atoms with Gasteiger partial charge in [0.05, 0.1) is 5.56 Å². The van der Waals surface area contributed by atoms with E-state index < -0.39 is 0 Å². The van der Waals surface area contributed by atoms with Gasteiger partial charge in [-0.1, -0.05) is 40.2 Å². The van der Waals surface area contributed by atoms with Crippen molar-refractivity contribution in [3.05, 3.63) is 41.6 Å². The molecule has 0 amide bonds. The first-order chi connectivity index (χ1) is 7.74. The maximum absolute atomic E-state index is 8.98. The molecule has 0 aliphatic carbocycles.